The van der Waals surface area contributed by atoms with Crippen molar-refractivity contribution >= 4 is 0 Å². The van der Waals surface area contributed by atoms with Gasteiger partial charge in [0.2, 0.25) is 0 Å². The van der Waals surface area contributed by atoms with Crippen LogP contribution in [0.2, 0.25) is 0 Å². The first-order valence-electron chi connectivity index (χ1n) is 19.6. The molecule has 0 spiro atoms. The summed E-state index contributed by atoms with van der Waals surface area (Å²) in [6.45, 7) is 7.33. The molecule has 17 unspecified atom stereocenters. The van der Waals surface area contributed by atoms with E-state index in [-0.39, 0.29) is 23.5 Å². The molecule has 4 nitrogen and oxygen atoms in total. The predicted octanol–water partition coefficient (Wildman–Crippen LogP) is 7.27. The molecule has 8 aliphatic rings. The first-order valence-corrected chi connectivity index (χ1v) is 19.6. The fourth-order valence-electron chi connectivity index (χ4n) is 15.1. The van der Waals surface area contributed by atoms with Crippen LogP contribution in [0, 0.1) is 70.5 Å². The third kappa shape index (κ3) is 4.57. The number of aliphatic hydroxyl groups is 3. The lowest BCUT2D eigenvalue weighted by atomic mass is 9.49. The van der Waals surface area contributed by atoms with Crippen LogP contribution in [-0.4, -0.2) is 57.2 Å². The first-order chi connectivity index (χ1) is 21.7. The van der Waals surface area contributed by atoms with Crippen molar-refractivity contribution < 1.29 is 15.3 Å². The second kappa shape index (κ2) is 11.0. The van der Waals surface area contributed by atoms with Gasteiger partial charge >= 0.3 is 0 Å². The Hall–Kier alpha value is -0.940. The van der Waals surface area contributed by atoms with Crippen molar-refractivity contribution in [1.29, 1.82) is 0 Å². The largest absolute Gasteiger partial charge is 0.393 e. The molecule has 2 heterocycles. The van der Waals surface area contributed by atoms with Gasteiger partial charge in [-0.15, -0.1) is 0 Å². The van der Waals surface area contributed by atoms with Gasteiger partial charge in [-0.25, -0.2) is 0 Å². The second-order valence-electron chi connectivity index (χ2n) is 18.7. The lowest BCUT2D eigenvalue weighted by Gasteiger charge is -2.64. The van der Waals surface area contributed by atoms with E-state index in [1.807, 2.05) is 0 Å². The molecule has 248 valence electrons. The van der Waals surface area contributed by atoms with E-state index >= 15 is 0 Å². The summed E-state index contributed by atoms with van der Waals surface area (Å²) in [5.41, 5.74) is 1.15. The van der Waals surface area contributed by atoms with Crippen molar-refractivity contribution in [2.45, 2.75) is 134 Å². The van der Waals surface area contributed by atoms with Crippen molar-refractivity contribution in [3.63, 3.8) is 0 Å². The Labute approximate surface area is 272 Å². The quantitative estimate of drug-likeness (QED) is 0.328. The van der Waals surface area contributed by atoms with Crippen LogP contribution < -0.4 is 0 Å². The first kappa shape index (κ1) is 30.1. The molecule has 0 radical (unpaired) electrons. The summed E-state index contributed by atoms with van der Waals surface area (Å²) in [6, 6.07) is 11.7. The zero-order valence-electron chi connectivity index (χ0n) is 28.1. The van der Waals surface area contributed by atoms with Crippen molar-refractivity contribution in [2.24, 2.45) is 70.5 Å². The zero-order valence-corrected chi connectivity index (χ0v) is 28.1. The number of piperidine rings is 2. The Morgan fingerprint density at radius 2 is 1.56 bits per heavy atom. The fourth-order valence-corrected chi connectivity index (χ4v) is 15.1. The highest BCUT2D eigenvalue weighted by Crippen LogP contribution is 2.68. The third-order valence-corrected chi connectivity index (χ3v) is 16.9. The maximum atomic E-state index is 13.7. The zero-order chi connectivity index (χ0) is 30.7. The molecule has 45 heavy (non-hydrogen) atoms. The maximum absolute atomic E-state index is 13.7. The average Bonchev–Trinajstić information content (AvgIpc) is 3.42. The highest BCUT2D eigenvalue weighted by molar-refractivity contribution is 5.23. The number of benzene rings is 1. The summed E-state index contributed by atoms with van der Waals surface area (Å²) in [5.74, 6) is 7.35. The average molecular weight is 616 g/mol. The number of fused-ring (bicyclic) bond motifs is 10. The minimum absolute atomic E-state index is 0.162. The molecule has 0 amide bonds. The standard InChI is InChI=1S/C41H61NO3/c1-24-8-13-39-41(45,28-17-25-9-10-30(27(16-25)18-28)26-6-4-3-5-7-26)35-12-11-31-32(34(35)23-42(39)22-24)20-36-33(31)21-38(44)37-19-29(43)14-15-40(36,37)2/h3-7,24-25,27-39,43-45H,8-23H2,1-2H3. The van der Waals surface area contributed by atoms with Crippen LogP contribution in [0.5, 0.6) is 0 Å². The number of aliphatic hydroxyl groups excluding tert-OH is 2. The molecule has 2 aliphatic heterocycles. The van der Waals surface area contributed by atoms with Gasteiger partial charge in [0.25, 0.3) is 0 Å². The topological polar surface area (TPSA) is 63.9 Å². The van der Waals surface area contributed by atoms with E-state index in [0.717, 1.165) is 43.4 Å². The van der Waals surface area contributed by atoms with Gasteiger partial charge in [-0.05, 0) is 172 Å². The van der Waals surface area contributed by atoms with Gasteiger partial charge < -0.3 is 15.3 Å². The van der Waals surface area contributed by atoms with Crippen LogP contribution in [0.4, 0.5) is 0 Å². The van der Waals surface area contributed by atoms with Crippen molar-refractivity contribution in [3.05, 3.63) is 35.9 Å². The molecule has 3 N–H and O–H groups in total. The van der Waals surface area contributed by atoms with E-state index < -0.39 is 5.60 Å². The van der Waals surface area contributed by atoms with Crippen LogP contribution in [0.15, 0.2) is 30.3 Å². The smallest absolute Gasteiger partial charge is 0.0861 e. The van der Waals surface area contributed by atoms with Crippen LogP contribution in [0.1, 0.15) is 115 Å². The number of hydrogen-bond acceptors (Lipinski definition) is 4. The fraction of sp³-hybridized carbons (Fsp3) is 0.854. The normalized spacial score (nSPS) is 55.9. The molecule has 9 rings (SSSR count). The van der Waals surface area contributed by atoms with Gasteiger partial charge in [0, 0.05) is 19.1 Å². The Balaban J connectivity index is 1.04. The van der Waals surface area contributed by atoms with Gasteiger partial charge in [0.05, 0.1) is 17.8 Å². The Kier molecular flexibility index (Phi) is 7.40. The van der Waals surface area contributed by atoms with Crippen LogP contribution >= 0.6 is 0 Å². The minimum Gasteiger partial charge on any atom is -0.393 e. The predicted molar refractivity (Wildman–Crippen MR) is 178 cm³/mol. The Bertz CT molecular complexity index is 1240. The minimum atomic E-state index is -0.557. The van der Waals surface area contributed by atoms with Crippen molar-refractivity contribution in [2.75, 3.05) is 13.1 Å². The van der Waals surface area contributed by atoms with Gasteiger partial charge in [0.1, 0.15) is 0 Å². The molecule has 2 saturated heterocycles. The van der Waals surface area contributed by atoms with Crippen molar-refractivity contribution in [1.82, 2.24) is 4.90 Å². The van der Waals surface area contributed by atoms with Crippen molar-refractivity contribution in [3.8, 4) is 0 Å². The van der Waals surface area contributed by atoms with Gasteiger partial charge in [0.15, 0.2) is 0 Å². The summed E-state index contributed by atoms with van der Waals surface area (Å²) in [7, 11) is 0. The molecule has 4 heteroatoms. The highest BCUT2D eigenvalue weighted by Gasteiger charge is 2.66. The summed E-state index contributed by atoms with van der Waals surface area (Å²) in [4.78, 5) is 2.84. The molecule has 6 saturated carbocycles. The number of rotatable bonds is 2. The molecule has 8 fully saturated rings. The van der Waals surface area contributed by atoms with E-state index in [9.17, 15) is 15.3 Å². The lowest BCUT2D eigenvalue weighted by Crippen LogP contribution is -2.71. The van der Waals surface area contributed by atoms with Gasteiger partial charge in [-0.1, -0.05) is 44.2 Å². The summed E-state index contributed by atoms with van der Waals surface area (Å²) in [6.07, 6.45) is 16.0. The van der Waals surface area contributed by atoms with E-state index in [1.54, 1.807) is 5.56 Å². The number of hydrogen-bond donors (Lipinski definition) is 3. The van der Waals surface area contributed by atoms with E-state index in [4.69, 9.17) is 0 Å². The highest BCUT2D eigenvalue weighted by atomic mass is 16.3. The third-order valence-electron chi connectivity index (χ3n) is 16.9. The van der Waals surface area contributed by atoms with E-state index in [2.05, 4.69) is 49.1 Å². The van der Waals surface area contributed by atoms with Crippen LogP contribution in [0.3, 0.4) is 0 Å². The number of nitrogens with zero attached hydrogens (tertiary/aromatic N) is 1. The molecule has 6 aliphatic carbocycles. The lowest BCUT2D eigenvalue weighted by molar-refractivity contribution is -0.221. The summed E-state index contributed by atoms with van der Waals surface area (Å²) >= 11 is 0. The molecule has 2 bridgehead atoms. The molecule has 0 aromatic heterocycles. The molecular weight excluding hydrogens is 554 g/mol. The van der Waals surface area contributed by atoms with Crippen LogP contribution in [-0.2, 0) is 0 Å². The maximum Gasteiger partial charge on any atom is 0.0861 e. The summed E-state index contributed by atoms with van der Waals surface area (Å²) in [5, 5.41) is 35.8. The molecule has 17 atom stereocenters. The Morgan fingerprint density at radius 3 is 2.40 bits per heavy atom. The van der Waals surface area contributed by atoms with E-state index in [0.29, 0.717) is 53.4 Å². The Morgan fingerprint density at radius 1 is 0.711 bits per heavy atom. The van der Waals surface area contributed by atoms with Gasteiger partial charge in [-0.3, -0.25) is 4.90 Å². The molecule has 1 aromatic rings. The second-order valence-corrected chi connectivity index (χ2v) is 18.7. The molecule has 1 aromatic carbocycles. The van der Waals surface area contributed by atoms with Gasteiger partial charge in [-0.2, -0.15) is 0 Å². The summed E-state index contributed by atoms with van der Waals surface area (Å²) < 4.78 is 0. The van der Waals surface area contributed by atoms with E-state index in [1.165, 1.54) is 77.3 Å². The monoisotopic (exact) mass is 615 g/mol. The van der Waals surface area contributed by atoms with Crippen LogP contribution in [0.25, 0.3) is 0 Å². The molecular formula is C41H61NO3. The SMILES string of the molecule is CC1CCC2N(C1)CC1C3CC4C(CC(O)C5CC(O)CCC54C)C3CCC1C2(O)C1CC2CCC(c3ccccc3)C(C2)C1.